The molecule has 1 saturated heterocycles. The Morgan fingerprint density at radius 3 is 2.50 bits per heavy atom. The van der Waals surface area contributed by atoms with Crippen LogP contribution in [-0.4, -0.2) is 59.7 Å². The lowest BCUT2D eigenvalue weighted by Crippen LogP contribution is -2.48. The standard InChI is InChI=1S/C17H23FN4O3S/c1-2-3-12-26(23,24)22-10-8-21(9-11-22)13-16-19-17(25-20-16)14-4-6-15(18)7-5-14/h4-7H,2-3,8-13H2,1H3. The average molecular weight is 382 g/mol. The van der Waals surface area contributed by atoms with Gasteiger partial charge in [-0.1, -0.05) is 18.5 Å². The largest absolute Gasteiger partial charge is 0.334 e. The first-order valence-corrected chi connectivity index (χ1v) is 10.4. The van der Waals surface area contributed by atoms with Gasteiger partial charge in [-0.15, -0.1) is 0 Å². The number of piperazine rings is 1. The molecule has 26 heavy (non-hydrogen) atoms. The van der Waals surface area contributed by atoms with E-state index < -0.39 is 10.0 Å². The number of hydrogen-bond acceptors (Lipinski definition) is 6. The zero-order chi connectivity index (χ0) is 18.6. The lowest BCUT2D eigenvalue weighted by atomic mass is 10.2. The fraction of sp³-hybridized carbons (Fsp3) is 0.529. The van der Waals surface area contributed by atoms with E-state index in [1.165, 1.54) is 12.1 Å². The molecule has 0 aliphatic carbocycles. The smallest absolute Gasteiger partial charge is 0.257 e. The number of nitrogens with zero attached hydrogens (tertiary/aromatic N) is 4. The topological polar surface area (TPSA) is 79.5 Å². The second-order valence-corrected chi connectivity index (χ2v) is 8.46. The molecule has 142 valence electrons. The van der Waals surface area contributed by atoms with Crippen LogP contribution < -0.4 is 0 Å². The molecule has 0 amide bonds. The van der Waals surface area contributed by atoms with Crippen molar-refractivity contribution in [2.75, 3.05) is 31.9 Å². The van der Waals surface area contributed by atoms with Gasteiger partial charge in [0.2, 0.25) is 10.0 Å². The zero-order valence-electron chi connectivity index (χ0n) is 14.8. The summed E-state index contributed by atoms with van der Waals surface area (Å²) in [6.45, 7) is 4.70. The summed E-state index contributed by atoms with van der Waals surface area (Å²) in [6.07, 6.45) is 1.56. The van der Waals surface area contributed by atoms with Crippen LogP contribution in [0.4, 0.5) is 4.39 Å². The quantitative estimate of drug-likeness (QED) is 0.730. The summed E-state index contributed by atoms with van der Waals surface area (Å²) in [5.41, 5.74) is 0.664. The third-order valence-corrected chi connectivity index (χ3v) is 6.36. The maximum atomic E-state index is 13.0. The molecule has 1 aromatic heterocycles. The molecule has 0 radical (unpaired) electrons. The van der Waals surface area contributed by atoms with Crippen LogP contribution in [0.15, 0.2) is 28.8 Å². The molecule has 0 atom stereocenters. The number of unbranched alkanes of at least 4 members (excludes halogenated alkanes) is 1. The highest BCUT2D eigenvalue weighted by atomic mass is 32.2. The van der Waals surface area contributed by atoms with Gasteiger partial charge in [0.25, 0.3) is 5.89 Å². The highest BCUT2D eigenvalue weighted by molar-refractivity contribution is 7.89. The summed E-state index contributed by atoms with van der Waals surface area (Å²) < 4.78 is 44.3. The van der Waals surface area contributed by atoms with Gasteiger partial charge in [-0.3, -0.25) is 4.90 Å². The fourth-order valence-electron chi connectivity index (χ4n) is 2.85. The molecule has 7 nitrogen and oxygen atoms in total. The van der Waals surface area contributed by atoms with E-state index in [1.807, 2.05) is 6.92 Å². The van der Waals surface area contributed by atoms with Crippen molar-refractivity contribution < 1.29 is 17.3 Å². The number of halogens is 1. The van der Waals surface area contributed by atoms with Crippen LogP contribution in [-0.2, 0) is 16.6 Å². The number of hydrogen-bond donors (Lipinski definition) is 0. The first-order chi connectivity index (χ1) is 12.5. The molecule has 1 fully saturated rings. The van der Waals surface area contributed by atoms with Gasteiger partial charge in [-0.2, -0.15) is 9.29 Å². The van der Waals surface area contributed by atoms with E-state index in [2.05, 4.69) is 15.0 Å². The molecule has 0 N–H and O–H groups in total. The van der Waals surface area contributed by atoms with Crippen LogP contribution >= 0.6 is 0 Å². The second kappa shape index (κ2) is 8.24. The zero-order valence-corrected chi connectivity index (χ0v) is 15.6. The summed E-state index contributed by atoms with van der Waals surface area (Å²) in [5.74, 6) is 0.780. The molecule has 0 unspecified atom stereocenters. The van der Waals surface area contributed by atoms with Crippen molar-refractivity contribution in [3.63, 3.8) is 0 Å². The second-order valence-electron chi connectivity index (χ2n) is 6.37. The molecular formula is C17H23FN4O3S. The van der Waals surface area contributed by atoms with Crippen molar-refractivity contribution in [2.24, 2.45) is 0 Å². The maximum Gasteiger partial charge on any atom is 0.257 e. The Kier molecular flexibility index (Phi) is 6.00. The van der Waals surface area contributed by atoms with E-state index in [-0.39, 0.29) is 11.6 Å². The predicted octanol–water partition coefficient (Wildman–Crippen LogP) is 2.12. The molecule has 2 aromatic rings. The highest BCUT2D eigenvalue weighted by Crippen LogP contribution is 2.18. The van der Waals surface area contributed by atoms with Crippen molar-refractivity contribution in [2.45, 2.75) is 26.3 Å². The molecule has 0 saturated carbocycles. The van der Waals surface area contributed by atoms with E-state index in [9.17, 15) is 12.8 Å². The Balaban J connectivity index is 1.54. The molecule has 0 spiro atoms. The summed E-state index contributed by atoms with van der Waals surface area (Å²) >= 11 is 0. The third kappa shape index (κ3) is 4.66. The van der Waals surface area contributed by atoms with Crippen LogP contribution in [0.5, 0.6) is 0 Å². The Morgan fingerprint density at radius 2 is 1.85 bits per heavy atom. The summed E-state index contributed by atoms with van der Waals surface area (Å²) in [6, 6.07) is 5.87. The average Bonchev–Trinajstić information content (AvgIpc) is 3.09. The number of aromatic nitrogens is 2. The number of rotatable bonds is 7. The molecule has 1 aliphatic heterocycles. The SMILES string of the molecule is CCCCS(=O)(=O)N1CCN(Cc2noc(-c3ccc(F)cc3)n2)CC1. The van der Waals surface area contributed by atoms with Crippen LogP contribution in [0.25, 0.3) is 11.5 Å². The summed E-state index contributed by atoms with van der Waals surface area (Å²) in [4.78, 5) is 6.44. The van der Waals surface area contributed by atoms with Crippen molar-refractivity contribution in [1.29, 1.82) is 0 Å². The van der Waals surface area contributed by atoms with Crippen LogP contribution in [0.1, 0.15) is 25.6 Å². The third-order valence-electron chi connectivity index (χ3n) is 4.40. The monoisotopic (exact) mass is 382 g/mol. The Morgan fingerprint density at radius 1 is 1.15 bits per heavy atom. The van der Waals surface area contributed by atoms with Gasteiger partial charge < -0.3 is 4.52 Å². The van der Waals surface area contributed by atoms with Gasteiger partial charge in [-0.25, -0.2) is 12.8 Å². The van der Waals surface area contributed by atoms with Crippen LogP contribution in [0.2, 0.25) is 0 Å². The molecule has 1 aliphatic rings. The molecule has 1 aromatic carbocycles. The van der Waals surface area contributed by atoms with E-state index in [4.69, 9.17) is 4.52 Å². The summed E-state index contributed by atoms with van der Waals surface area (Å²) in [7, 11) is -3.15. The molecular weight excluding hydrogens is 359 g/mol. The van der Waals surface area contributed by atoms with Gasteiger partial charge in [-0.05, 0) is 30.7 Å². The van der Waals surface area contributed by atoms with Gasteiger partial charge in [0.05, 0.1) is 12.3 Å². The maximum absolute atomic E-state index is 13.0. The van der Waals surface area contributed by atoms with Gasteiger partial charge in [0.1, 0.15) is 5.82 Å². The summed E-state index contributed by atoms with van der Waals surface area (Å²) in [5, 5.41) is 3.96. The van der Waals surface area contributed by atoms with Crippen molar-refractivity contribution in [1.82, 2.24) is 19.3 Å². The number of sulfonamides is 1. The lowest BCUT2D eigenvalue weighted by Gasteiger charge is -2.33. The Bertz CT molecular complexity index is 815. The molecule has 9 heteroatoms. The minimum atomic E-state index is -3.15. The van der Waals surface area contributed by atoms with Gasteiger partial charge in [0.15, 0.2) is 5.82 Å². The number of benzene rings is 1. The Hall–Kier alpha value is -1.84. The van der Waals surface area contributed by atoms with E-state index in [1.54, 1.807) is 16.4 Å². The van der Waals surface area contributed by atoms with E-state index in [0.29, 0.717) is 56.4 Å². The van der Waals surface area contributed by atoms with Gasteiger partial charge >= 0.3 is 0 Å². The first-order valence-electron chi connectivity index (χ1n) is 8.76. The highest BCUT2D eigenvalue weighted by Gasteiger charge is 2.27. The normalized spacial score (nSPS) is 16.8. The minimum Gasteiger partial charge on any atom is -0.334 e. The van der Waals surface area contributed by atoms with Crippen LogP contribution in [0.3, 0.4) is 0 Å². The lowest BCUT2D eigenvalue weighted by molar-refractivity contribution is 0.176. The fourth-order valence-corrected chi connectivity index (χ4v) is 4.48. The van der Waals surface area contributed by atoms with Crippen LogP contribution in [0, 0.1) is 5.82 Å². The van der Waals surface area contributed by atoms with Crippen molar-refractivity contribution in [3.8, 4) is 11.5 Å². The predicted molar refractivity (Wildman–Crippen MR) is 95.2 cm³/mol. The van der Waals surface area contributed by atoms with E-state index >= 15 is 0 Å². The first kappa shape index (κ1) is 18.9. The van der Waals surface area contributed by atoms with E-state index in [0.717, 1.165) is 6.42 Å². The molecule has 2 heterocycles. The minimum absolute atomic E-state index is 0.218. The molecule has 3 rings (SSSR count). The van der Waals surface area contributed by atoms with Crippen molar-refractivity contribution >= 4 is 10.0 Å². The van der Waals surface area contributed by atoms with Crippen molar-refractivity contribution in [3.05, 3.63) is 35.9 Å². The van der Waals surface area contributed by atoms with Gasteiger partial charge in [0, 0.05) is 31.7 Å². The molecule has 0 bridgehead atoms. The Labute approximate surface area is 152 Å².